The number of rotatable bonds is 9. The lowest BCUT2D eigenvalue weighted by Crippen LogP contribution is -2.33. The largest absolute Gasteiger partial charge is 0.497 e. The summed E-state index contributed by atoms with van der Waals surface area (Å²) >= 11 is 0. The normalized spacial score (nSPS) is 11.9. The number of ether oxygens (including phenoxy) is 1. The minimum atomic E-state index is -0.379. The molecule has 1 aromatic heterocycles. The fourth-order valence-electron chi connectivity index (χ4n) is 3.45. The minimum absolute atomic E-state index is 0.0199. The Hall–Kier alpha value is -3.35. The average Bonchev–Trinajstić information content (AvgIpc) is 3.15. The number of carbonyl (C=O) groups is 2. The fourth-order valence-corrected chi connectivity index (χ4v) is 3.45. The Morgan fingerprint density at radius 3 is 2.55 bits per heavy atom. The van der Waals surface area contributed by atoms with Gasteiger partial charge in [-0.1, -0.05) is 25.5 Å². The zero-order chi connectivity index (χ0) is 22.4. The molecule has 0 aliphatic rings. The number of amides is 2. The third-order valence-corrected chi connectivity index (χ3v) is 5.34. The van der Waals surface area contributed by atoms with E-state index in [4.69, 9.17) is 9.72 Å². The van der Waals surface area contributed by atoms with Gasteiger partial charge in [-0.2, -0.15) is 0 Å². The third kappa shape index (κ3) is 5.23. The lowest BCUT2D eigenvalue weighted by atomic mass is 10.2. The van der Waals surface area contributed by atoms with E-state index < -0.39 is 0 Å². The standard InChI is InChI=1S/C24H30N4O3/c1-5-6-15-27(3)22(29)16-28-21-10-8-7-9-20(21)26-23(28)17(2)25-24(30)18-11-13-19(31-4)14-12-18/h7-14,17H,5-6,15-16H2,1-4H3,(H,25,30). The summed E-state index contributed by atoms with van der Waals surface area (Å²) in [5.74, 6) is 1.16. The summed E-state index contributed by atoms with van der Waals surface area (Å²) in [6.07, 6.45) is 2.00. The molecule has 7 heteroatoms. The van der Waals surface area contributed by atoms with Gasteiger partial charge in [0.2, 0.25) is 5.91 Å². The predicted octanol–water partition coefficient (Wildman–Crippen LogP) is 3.79. The summed E-state index contributed by atoms with van der Waals surface area (Å²) < 4.78 is 7.05. The van der Waals surface area contributed by atoms with E-state index in [1.165, 1.54) is 0 Å². The van der Waals surface area contributed by atoms with Crippen molar-refractivity contribution in [1.82, 2.24) is 19.8 Å². The van der Waals surface area contributed by atoms with Crippen LogP contribution in [-0.2, 0) is 11.3 Å². The molecule has 2 aromatic carbocycles. The summed E-state index contributed by atoms with van der Waals surface area (Å²) in [4.78, 5) is 32.0. The van der Waals surface area contributed by atoms with Crippen molar-refractivity contribution in [2.45, 2.75) is 39.3 Å². The third-order valence-electron chi connectivity index (χ3n) is 5.34. The molecule has 0 bridgehead atoms. The number of imidazole rings is 1. The van der Waals surface area contributed by atoms with Crippen LogP contribution < -0.4 is 10.1 Å². The van der Waals surface area contributed by atoms with Crippen molar-refractivity contribution in [3.63, 3.8) is 0 Å². The molecule has 1 atom stereocenters. The molecule has 2 amide bonds. The molecule has 0 fully saturated rings. The Morgan fingerprint density at radius 2 is 1.87 bits per heavy atom. The van der Waals surface area contributed by atoms with E-state index in [9.17, 15) is 9.59 Å². The van der Waals surface area contributed by atoms with E-state index in [1.54, 1.807) is 36.3 Å². The Bertz CT molecular complexity index is 1040. The maximum absolute atomic E-state index is 12.8. The monoisotopic (exact) mass is 422 g/mol. The molecule has 31 heavy (non-hydrogen) atoms. The number of para-hydroxylation sites is 2. The number of aromatic nitrogens is 2. The van der Waals surface area contributed by atoms with E-state index in [-0.39, 0.29) is 24.4 Å². The van der Waals surface area contributed by atoms with E-state index in [1.807, 2.05) is 42.8 Å². The summed E-state index contributed by atoms with van der Waals surface area (Å²) in [6.45, 7) is 4.89. The number of nitrogens with one attached hydrogen (secondary N) is 1. The summed E-state index contributed by atoms with van der Waals surface area (Å²) in [6, 6.07) is 14.3. The van der Waals surface area contributed by atoms with Crippen molar-refractivity contribution in [3.05, 3.63) is 59.9 Å². The number of methoxy groups -OCH3 is 1. The molecular formula is C24H30N4O3. The molecular weight excluding hydrogens is 392 g/mol. The number of likely N-dealkylation sites (N-methyl/N-ethyl adjacent to an activating group) is 1. The first kappa shape index (κ1) is 22.3. The lowest BCUT2D eigenvalue weighted by molar-refractivity contribution is -0.130. The van der Waals surface area contributed by atoms with Crippen LogP contribution in [0, 0.1) is 0 Å². The number of hydrogen-bond donors (Lipinski definition) is 1. The van der Waals surface area contributed by atoms with Crippen molar-refractivity contribution in [1.29, 1.82) is 0 Å². The first-order chi connectivity index (χ1) is 14.9. The van der Waals surface area contributed by atoms with Crippen LogP contribution in [0.3, 0.4) is 0 Å². The van der Waals surface area contributed by atoms with Gasteiger partial charge in [-0.3, -0.25) is 9.59 Å². The molecule has 7 nitrogen and oxygen atoms in total. The highest BCUT2D eigenvalue weighted by molar-refractivity contribution is 5.94. The second-order valence-electron chi connectivity index (χ2n) is 7.64. The Balaban J connectivity index is 1.83. The second-order valence-corrected chi connectivity index (χ2v) is 7.64. The van der Waals surface area contributed by atoms with Crippen molar-refractivity contribution in [2.75, 3.05) is 20.7 Å². The van der Waals surface area contributed by atoms with Gasteiger partial charge < -0.3 is 19.5 Å². The number of hydrogen-bond acceptors (Lipinski definition) is 4. The van der Waals surface area contributed by atoms with Crippen molar-refractivity contribution >= 4 is 22.8 Å². The summed E-state index contributed by atoms with van der Waals surface area (Å²) in [5, 5.41) is 3.00. The number of carbonyl (C=O) groups excluding carboxylic acids is 2. The zero-order valence-corrected chi connectivity index (χ0v) is 18.6. The van der Waals surface area contributed by atoms with E-state index in [0.29, 0.717) is 17.1 Å². The maximum atomic E-state index is 12.8. The summed E-state index contributed by atoms with van der Waals surface area (Å²) in [7, 11) is 3.41. The molecule has 1 unspecified atom stereocenters. The average molecular weight is 423 g/mol. The van der Waals surface area contributed by atoms with E-state index in [0.717, 1.165) is 30.4 Å². The van der Waals surface area contributed by atoms with Crippen molar-refractivity contribution in [2.24, 2.45) is 0 Å². The molecule has 164 valence electrons. The number of unbranched alkanes of at least 4 members (excludes halogenated alkanes) is 1. The van der Waals surface area contributed by atoms with Gasteiger partial charge in [0.15, 0.2) is 0 Å². The van der Waals surface area contributed by atoms with Crippen molar-refractivity contribution in [3.8, 4) is 5.75 Å². The highest BCUT2D eigenvalue weighted by Crippen LogP contribution is 2.22. The van der Waals surface area contributed by atoms with Gasteiger partial charge in [-0.15, -0.1) is 0 Å². The Kier molecular flexibility index (Phi) is 7.28. The number of nitrogens with zero attached hydrogens (tertiary/aromatic N) is 3. The van der Waals surface area contributed by atoms with Crippen LogP contribution >= 0.6 is 0 Å². The Morgan fingerprint density at radius 1 is 1.16 bits per heavy atom. The summed E-state index contributed by atoms with van der Waals surface area (Å²) in [5.41, 5.74) is 2.21. The van der Waals surface area contributed by atoms with Crippen LogP contribution in [0.2, 0.25) is 0 Å². The van der Waals surface area contributed by atoms with Gasteiger partial charge >= 0.3 is 0 Å². The lowest BCUT2D eigenvalue weighted by Gasteiger charge is -2.20. The van der Waals surface area contributed by atoms with Gasteiger partial charge in [-0.25, -0.2) is 4.98 Å². The molecule has 3 rings (SSSR count). The van der Waals surface area contributed by atoms with Gasteiger partial charge in [0.25, 0.3) is 5.91 Å². The first-order valence-electron chi connectivity index (χ1n) is 10.6. The van der Waals surface area contributed by atoms with Crippen LogP contribution in [-0.4, -0.2) is 47.0 Å². The van der Waals surface area contributed by atoms with E-state index >= 15 is 0 Å². The van der Waals surface area contributed by atoms with Crippen LogP contribution in [0.25, 0.3) is 11.0 Å². The molecule has 0 aliphatic carbocycles. The van der Waals surface area contributed by atoms with Gasteiger partial charge in [0.1, 0.15) is 18.1 Å². The molecule has 0 saturated carbocycles. The SMILES string of the molecule is CCCCN(C)C(=O)Cn1c(C(C)NC(=O)c2ccc(OC)cc2)nc2ccccc21. The maximum Gasteiger partial charge on any atom is 0.251 e. The predicted molar refractivity (Wildman–Crippen MR) is 121 cm³/mol. The minimum Gasteiger partial charge on any atom is -0.497 e. The molecule has 0 aliphatic heterocycles. The Labute approximate surface area is 183 Å². The smallest absolute Gasteiger partial charge is 0.251 e. The molecule has 3 aromatic rings. The first-order valence-corrected chi connectivity index (χ1v) is 10.6. The van der Waals surface area contributed by atoms with Gasteiger partial charge in [0.05, 0.1) is 24.2 Å². The van der Waals surface area contributed by atoms with Gasteiger partial charge in [0, 0.05) is 19.2 Å². The van der Waals surface area contributed by atoms with Crippen molar-refractivity contribution < 1.29 is 14.3 Å². The second kappa shape index (κ2) is 10.1. The van der Waals surface area contributed by atoms with Crippen LogP contribution in [0.5, 0.6) is 5.75 Å². The number of benzene rings is 2. The van der Waals surface area contributed by atoms with Gasteiger partial charge in [-0.05, 0) is 49.7 Å². The fraction of sp³-hybridized carbons (Fsp3) is 0.375. The zero-order valence-electron chi connectivity index (χ0n) is 18.6. The quantitative estimate of drug-likeness (QED) is 0.569. The molecule has 0 saturated heterocycles. The molecule has 0 radical (unpaired) electrons. The molecule has 1 heterocycles. The van der Waals surface area contributed by atoms with Crippen LogP contribution in [0.15, 0.2) is 48.5 Å². The molecule has 1 N–H and O–H groups in total. The van der Waals surface area contributed by atoms with Crippen LogP contribution in [0.4, 0.5) is 0 Å². The highest BCUT2D eigenvalue weighted by atomic mass is 16.5. The topological polar surface area (TPSA) is 76.5 Å². The molecule has 0 spiro atoms. The van der Waals surface area contributed by atoms with E-state index in [2.05, 4.69) is 12.2 Å². The highest BCUT2D eigenvalue weighted by Gasteiger charge is 2.21. The number of fused-ring (bicyclic) bond motifs is 1. The van der Waals surface area contributed by atoms with Crippen LogP contribution in [0.1, 0.15) is 48.9 Å².